The molecule has 0 bridgehead atoms. The molecule has 2 aliphatic heterocycles. The number of hydrogen-bond acceptors (Lipinski definition) is 4. The van der Waals surface area contributed by atoms with Crippen LogP contribution in [0.5, 0.6) is 0 Å². The zero-order chi connectivity index (χ0) is 19.3. The Morgan fingerprint density at radius 1 is 1.11 bits per heavy atom. The molecule has 0 spiro atoms. The summed E-state index contributed by atoms with van der Waals surface area (Å²) in [6.45, 7) is 3.53. The molecule has 1 N–H and O–H groups in total. The van der Waals surface area contributed by atoms with Crippen molar-refractivity contribution < 1.29 is 14.3 Å². The third-order valence-corrected chi connectivity index (χ3v) is 5.39. The minimum atomic E-state index is -0.291. The number of ether oxygens (including phenoxy) is 1. The van der Waals surface area contributed by atoms with Gasteiger partial charge in [0.05, 0.1) is 5.52 Å². The number of nitrogens with zero attached hydrogens (tertiary/aromatic N) is 3. The molecule has 2 aromatic rings. The molecule has 4 rings (SSSR count). The van der Waals surface area contributed by atoms with Gasteiger partial charge >= 0.3 is 6.03 Å². The van der Waals surface area contributed by atoms with E-state index in [1.165, 1.54) is 0 Å². The number of hydrogen-bond donors (Lipinski definition) is 1. The summed E-state index contributed by atoms with van der Waals surface area (Å²) < 4.78 is 5.51. The fraction of sp³-hybridized carbons (Fsp3) is 0.476. The van der Waals surface area contributed by atoms with E-state index in [0.29, 0.717) is 39.3 Å². The summed E-state index contributed by atoms with van der Waals surface area (Å²) >= 11 is 0. The lowest BCUT2D eigenvalue weighted by molar-refractivity contribution is -0.140. The van der Waals surface area contributed by atoms with Gasteiger partial charge in [-0.2, -0.15) is 0 Å². The monoisotopic (exact) mass is 382 g/mol. The van der Waals surface area contributed by atoms with Crippen molar-refractivity contribution in [3.63, 3.8) is 0 Å². The number of urea groups is 1. The number of benzene rings is 1. The lowest BCUT2D eigenvalue weighted by atomic mass is 10.1. The maximum absolute atomic E-state index is 12.6. The van der Waals surface area contributed by atoms with Crippen LogP contribution in [0.3, 0.4) is 0 Å². The number of rotatable bonds is 3. The van der Waals surface area contributed by atoms with E-state index >= 15 is 0 Å². The molecule has 148 valence electrons. The van der Waals surface area contributed by atoms with E-state index in [0.717, 1.165) is 35.7 Å². The summed E-state index contributed by atoms with van der Waals surface area (Å²) in [4.78, 5) is 33.2. The largest absolute Gasteiger partial charge is 0.368 e. The van der Waals surface area contributed by atoms with Crippen LogP contribution in [0.25, 0.3) is 10.9 Å². The number of nitrogens with one attached hydrogen (secondary N) is 1. The molecule has 1 aromatic carbocycles. The van der Waals surface area contributed by atoms with Crippen molar-refractivity contribution in [3.8, 4) is 0 Å². The van der Waals surface area contributed by atoms with E-state index in [4.69, 9.17) is 4.74 Å². The average molecular weight is 382 g/mol. The molecule has 1 atom stereocenters. The number of amides is 3. The molecular weight excluding hydrogens is 356 g/mol. The van der Waals surface area contributed by atoms with E-state index in [9.17, 15) is 9.59 Å². The van der Waals surface area contributed by atoms with Gasteiger partial charge < -0.3 is 19.9 Å². The minimum absolute atomic E-state index is 0.0713. The zero-order valence-corrected chi connectivity index (χ0v) is 16.0. The van der Waals surface area contributed by atoms with Crippen LogP contribution in [0.4, 0.5) is 4.79 Å². The second-order valence-corrected chi connectivity index (χ2v) is 7.36. The SMILES string of the molecule is O=C(NCc1cnc2ccccc2c1)N1CCCN(C(=O)[C@@H]2CCCO2)CC1. The second-order valence-electron chi connectivity index (χ2n) is 7.36. The van der Waals surface area contributed by atoms with Crippen LogP contribution >= 0.6 is 0 Å². The molecule has 0 unspecified atom stereocenters. The highest BCUT2D eigenvalue weighted by atomic mass is 16.5. The van der Waals surface area contributed by atoms with Crippen LogP contribution in [-0.2, 0) is 16.1 Å². The minimum Gasteiger partial charge on any atom is -0.368 e. The Kier molecular flexibility index (Phi) is 5.71. The summed E-state index contributed by atoms with van der Waals surface area (Å²) in [5, 5.41) is 4.04. The van der Waals surface area contributed by atoms with Crippen LogP contribution in [-0.4, -0.2) is 65.6 Å². The van der Waals surface area contributed by atoms with Gasteiger partial charge in [0, 0.05) is 50.9 Å². The highest BCUT2D eigenvalue weighted by Gasteiger charge is 2.30. The predicted molar refractivity (Wildman–Crippen MR) is 106 cm³/mol. The molecule has 2 fully saturated rings. The maximum atomic E-state index is 12.6. The van der Waals surface area contributed by atoms with Gasteiger partial charge in [0.1, 0.15) is 6.10 Å². The van der Waals surface area contributed by atoms with Gasteiger partial charge in [-0.3, -0.25) is 9.78 Å². The van der Waals surface area contributed by atoms with Crippen molar-refractivity contribution >= 4 is 22.8 Å². The van der Waals surface area contributed by atoms with Crippen molar-refractivity contribution in [3.05, 3.63) is 42.1 Å². The first kappa shape index (κ1) is 18.7. The molecule has 3 heterocycles. The fourth-order valence-corrected chi connectivity index (χ4v) is 3.82. The van der Waals surface area contributed by atoms with Crippen molar-refractivity contribution in [1.29, 1.82) is 0 Å². The van der Waals surface area contributed by atoms with Gasteiger partial charge in [-0.1, -0.05) is 18.2 Å². The topological polar surface area (TPSA) is 74.8 Å². The van der Waals surface area contributed by atoms with E-state index < -0.39 is 0 Å². The quantitative estimate of drug-likeness (QED) is 0.883. The first-order chi connectivity index (χ1) is 13.7. The summed E-state index contributed by atoms with van der Waals surface area (Å²) in [6.07, 6.45) is 4.04. The van der Waals surface area contributed by atoms with Gasteiger partial charge in [-0.15, -0.1) is 0 Å². The van der Waals surface area contributed by atoms with Crippen LogP contribution in [0.1, 0.15) is 24.8 Å². The molecule has 2 saturated heterocycles. The van der Waals surface area contributed by atoms with Crippen LogP contribution in [0, 0.1) is 0 Å². The summed E-state index contributed by atoms with van der Waals surface area (Å²) in [6, 6.07) is 9.88. The van der Waals surface area contributed by atoms with Crippen LogP contribution < -0.4 is 5.32 Å². The Labute approximate surface area is 164 Å². The van der Waals surface area contributed by atoms with Crippen molar-refractivity contribution in [2.75, 3.05) is 32.8 Å². The highest BCUT2D eigenvalue weighted by Crippen LogP contribution is 2.16. The summed E-state index contributed by atoms with van der Waals surface area (Å²) in [5.74, 6) is 0.0713. The van der Waals surface area contributed by atoms with Crippen molar-refractivity contribution in [1.82, 2.24) is 20.1 Å². The third-order valence-electron chi connectivity index (χ3n) is 5.39. The van der Waals surface area contributed by atoms with E-state index in [1.54, 1.807) is 11.1 Å². The van der Waals surface area contributed by atoms with E-state index in [2.05, 4.69) is 10.3 Å². The number of pyridine rings is 1. The highest BCUT2D eigenvalue weighted by molar-refractivity contribution is 5.81. The Balaban J connectivity index is 1.30. The Morgan fingerprint density at radius 2 is 1.93 bits per heavy atom. The number of para-hydroxylation sites is 1. The van der Waals surface area contributed by atoms with Gasteiger partial charge in [0.2, 0.25) is 0 Å². The molecular formula is C21H26N4O3. The molecule has 0 aliphatic carbocycles. The molecule has 1 aromatic heterocycles. The first-order valence-electron chi connectivity index (χ1n) is 9.97. The number of carbonyl (C=O) groups excluding carboxylic acids is 2. The Bertz CT molecular complexity index is 850. The van der Waals surface area contributed by atoms with Gasteiger partial charge in [0.15, 0.2) is 0 Å². The average Bonchev–Trinajstić information content (AvgIpc) is 3.16. The maximum Gasteiger partial charge on any atom is 0.317 e. The molecule has 7 heteroatoms. The van der Waals surface area contributed by atoms with E-state index in [-0.39, 0.29) is 18.0 Å². The van der Waals surface area contributed by atoms with E-state index in [1.807, 2.05) is 35.2 Å². The molecule has 0 radical (unpaired) electrons. The van der Waals surface area contributed by atoms with Crippen LogP contribution in [0.15, 0.2) is 36.5 Å². The Hall–Kier alpha value is -2.67. The molecule has 0 saturated carbocycles. The van der Waals surface area contributed by atoms with Crippen LogP contribution in [0.2, 0.25) is 0 Å². The number of carbonyl (C=O) groups is 2. The smallest absolute Gasteiger partial charge is 0.317 e. The normalized spacial score (nSPS) is 20.2. The number of aromatic nitrogens is 1. The fourth-order valence-electron chi connectivity index (χ4n) is 3.82. The molecule has 7 nitrogen and oxygen atoms in total. The molecule has 3 amide bonds. The number of fused-ring (bicyclic) bond motifs is 1. The van der Waals surface area contributed by atoms with Crippen molar-refractivity contribution in [2.45, 2.75) is 31.9 Å². The second kappa shape index (κ2) is 8.56. The molecule has 2 aliphatic rings. The summed E-state index contributed by atoms with van der Waals surface area (Å²) in [5.41, 5.74) is 1.91. The third kappa shape index (κ3) is 4.25. The van der Waals surface area contributed by atoms with Gasteiger partial charge in [0.25, 0.3) is 5.91 Å². The lowest BCUT2D eigenvalue weighted by Crippen LogP contribution is -2.44. The van der Waals surface area contributed by atoms with Gasteiger partial charge in [-0.05, 0) is 37.0 Å². The standard InChI is InChI=1S/C21H26N4O3/c26-20(19-7-3-12-28-19)24-8-4-9-25(11-10-24)21(27)23-15-16-13-17-5-1-2-6-18(17)22-14-16/h1-2,5-6,13-14,19H,3-4,7-12,15H2,(H,23,27)/t19-/m0/s1. The molecule has 28 heavy (non-hydrogen) atoms. The summed E-state index contributed by atoms with van der Waals surface area (Å²) in [7, 11) is 0. The Morgan fingerprint density at radius 3 is 2.79 bits per heavy atom. The zero-order valence-electron chi connectivity index (χ0n) is 16.0. The van der Waals surface area contributed by atoms with Gasteiger partial charge in [-0.25, -0.2) is 4.79 Å². The lowest BCUT2D eigenvalue weighted by Gasteiger charge is -2.24. The van der Waals surface area contributed by atoms with Crippen molar-refractivity contribution in [2.24, 2.45) is 0 Å². The predicted octanol–water partition coefficient (Wildman–Crippen LogP) is 2.16. The first-order valence-corrected chi connectivity index (χ1v) is 9.97.